The molecule has 146 valence electrons. The molecule has 0 spiro atoms. The van der Waals surface area contributed by atoms with E-state index in [1.807, 2.05) is 0 Å². The summed E-state index contributed by atoms with van der Waals surface area (Å²) >= 11 is 1.31. The van der Waals surface area contributed by atoms with Crippen LogP contribution in [0.3, 0.4) is 0 Å². The summed E-state index contributed by atoms with van der Waals surface area (Å²) in [5, 5.41) is 2.19. The van der Waals surface area contributed by atoms with Crippen molar-refractivity contribution in [3.8, 4) is 22.6 Å². The van der Waals surface area contributed by atoms with Crippen molar-refractivity contribution in [1.29, 1.82) is 0 Å². The van der Waals surface area contributed by atoms with Crippen molar-refractivity contribution >= 4 is 27.5 Å². The van der Waals surface area contributed by atoms with E-state index >= 15 is 0 Å². The summed E-state index contributed by atoms with van der Waals surface area (Å²) in [5.41, 5.74) is 0.998. The van der Waals surface area contributed by atoms with Crippen LogP contribution in [0.5, 0.6) is 11.5 Å². The Hall–Kier alpha value is -3.52. The minimum atomic E-state index is -0.600. The molecule has 8 heteroatoms. The van der Waals surface area contributed by atoms with Crippen LogP contribution in [0, 0.1) is 5.82 Å². The predicted molar refractivity (Wildman–Crippen MR) is 108 cm³/mol. The highest BCUT2D eigenvalue weighted by molar-refractivity contribution is 7.17. The van der Waals surface area contributed by atoms with Gasteiger partial charge in [0.25, 0.3) is 5.56 Å². The fourth-order valence-electron chi connectivity index (χ4n) is 2.87. The van der Waals surface area contributed by atoms with Gasteiger partial charge in [0, 0.05) is 10.9 Å². The van der Waals surface area contributed by atoms with Crippen LogP contribution >= 0.6 is 11.3 Å². The predicted octanol–water partition coefficient (Wildman–Crippen LogP) is 3.88. The van der Waals surface area contributed by atoms with Crippen LogP contribution in [0.25, 0.3) is 21.3 Å². The lowest BCUT2D eigenvalue weighted by molar-refractivity contribution is -0.135. The highest BCUT2D eigenvalue weighted by Gasteiger charge is 2.15. The second-order valence-corrected chi connectivity index (χ2v) is 7.02. The van der Waals surface area contributed by atoms with Crippen molar-refractivity contribution in [2.75, 3.05) is 7.11 Å². The van der Waals surface area contributed by atoms with Crippen molar-refractivity contribution in [2.24, 2.45) is 0 Å². The number of aromatic nitrogens is 2. The summed E-state index contributed by atoms with van der Waals surface area (Å²) in [6, 6.07) is 12.4. The van der Waals surface area contributed by atoms with Crippen LogP contribution in [0.2, 0.25) is 0 Å². The molecule has 2 heterocycles. The molecule has 29 heavy (non-hydrogen) atoms. The second-order valence-electron chi connectivity index (χ2n) is 6.16. The number of carbonyl (C=O) groups is 1. The molecule has 0 aliphatic heterocycles. The zero-order valence-corrected chi connectivity index (χ0v) is 16.1. The van der Waals surface area contributed by atoms with Gasteiger partial charge in [0.05, 0.1) is 18.8 Å². The SMILES string of the molecule is COc1ccc(OC(=O)Cn2cnc3scc(-c4ccc(F)cc4)c3c2=O)cc1. The lowest BCUT2D eigenvalue weighted by atomic mass is 10.1. The molecule has 0 saturated heterocycles. The Bertz CT molecular complexity index is 1230. The number of halogens is 1. The maximum absolute atomic E-state index is 13.2. The van der Waals surface area contributed by atoms with Crippen LogP contribution in [-0.2, 0) is 11.3 Å². The molecule has 0 unspecified atom stereocenters. The molecule has 0 aliphatic carbocycles. The van der Waals surface area contributed by atoms with Gasteiger partial charge in [0.2, 0.25) is 0 Å². The Balaban J connectivity index is 1.61. The second kappa shape index (κ2) is 7.84. The zero-order valence-electron chi connectivity index (χ0n) is 15.3. The molecule has 0 aliphatic rings. The summed E-state index contributed by atoms with van der Waals surface area (Å²) < 4.78 is 24.8. The zero-order chi connectivity index (χ0) is 20.4. The van der Waals surface area contributed by atoms with Crippen molar-refractivity contribution in [3.05, 3.63) is 76.4 Å². The molecule has 2 aromatic carbocycles. The summed E-state index contributed by atoms with van der Waals surface area (Å²) in [6.45, 7) is -0.285. The summed E-state index contributed by atoms with van der Waals surface area (Å²) in [7, 11) is 1.54. The Morgan fingerprint density at radius 2 is 1.79 bits per heavy atom. The Kier molecular flexibility index (Phi) is 5.09. The van der Waals surface area contributed by atoms with Crippen LogP contribution in [0.15, 0.2) is 65.0 Å². The van der Waals surface area contributed by atoms with E-state index in [0.29, 0.717) is 32.8 Å². The summed E-state index contributed by atoms with van der Waals surface area (Å²) in [4.78, 5) is 30.1. The van der Waals surface area contributed by atoms with E-state index in [-0.39, 0.29) is 17.9 Å². The molecule has 0 bridgehead atoms. The van der Waals surface area contributed by atoms with E-state index in [4.69, 9.17) is 9.47 Å². The van der Waals surface area contributed by atoms with Gasteiger partial charge in [0.15, 0.2) is 0 Å². The molecule has 0 saturated carbocycles. The van der Waals surface area contributed by atoms with Gasteiger partial charge in [-0.1, -0.05) is 12.1 Å². The Morgan fingerprint density at radius 1 is 1.10 bits per heavy atom. The molecule has 0 amide bonds. The van der Waals surface area contributed by atoms with Gasteiger partial charge in [-0.2, -0.15) is 0 Å². The maximum Gasteiger partial charge on any atom is 0.331 e. The van der Waals surface area contributed by atoms with Crippen molar-refractivity contribution < 1.29 is 18.7 Å². The number of thiophene rings is 1. The number of methoxy groups -OCH3 is 1. The minimum absolute atomic E-state index is 0.285. The highest BCUT2D eigenvalue weighted by atomic mass is 32.1. The average molecular weight is 410 g/mol. The average Bonchev–Trinajstić information content (AvgIpc) is 3.16. The maximum atomic E-state index is 13.2. The highest BCUT2D eigenvalue weighted by Crippen LogP contribution is 2.30. The molecular formula is C21H15FN2O4S. The number of ether oxygens (including phenoxy) is 2. The number of benzene rings is 2. The molecule has 6 nitrogen and oxygen atoms in total. The first-order valence-electron chi connectivity index (χ1n) is 8.62. The van der Waals surface area contributed by atoms with Crippen LogP contribution in [0.4, 0.5) is 4.39 Å². The minimum Gasteiger partial charge on any atom is -0.497 e. The normalized spacial score (nSPS) is 10.8. The monoisotopic (exact) mass is 410 g/mol. The van der Waals surface area contributed by atoms with E-state index < -0.39 is 5.97 Å². The fourth-order valence-corrected chi connectivity index (χ4v) is 3.78. The molecule has 0 N–H and O–H groups in total. The third-order valence-electron chi connectivity index (χ3n) is 4.31. The molecule has 0 atom stereocenters. The van der Waals surface area contributed by atoms with Gasteiger partial charge in [0.1, 0.15) is 28.7 Å². The van der Waals surface area contributed by atoms with Crippen molar-refractivity contribution in [3.63, 3.8) is 0 Å². The molecular weight excluding hydrogens is 395 g/mol. The molecule has 4 aromatic rings. The Labute approximate surface area is 168 Å². The molecule has 4 rings (SSSR count). The van der Waals surface area contributed by atoms with E-state index in [1.54, 1.807) is 48.9 Å². The van der Waals surface area contributed by atoms with E-state index in [2.05, 4.69) is 4.98 Å². The standard InChI is InChI=1S/C21H15FN2O4S/c1-27-15-6-8-16(9-7-15)28-18(25)10-24-12-23-20-19(21(24)26)17(11-29-20)13-2-4-14(22)5-3-13/h2-9,11-12H,10H2,1H3. The van der Waals surface area contributed by atoms with E-state index in [9.17, 15) is 14.0 Å². The lowest BCUT2D eigenvalue weighted by Crippen LogP contribution is -2.26. The largest absolute Gasteiger partial charge is 0.497 e. The molecule has 2 aromatic heterocycles. The first-order chi connectivity index (χ1) is 14.0. The molecule has 0 fully saturated rings. The fraction of sp³-hybridized carbons (Fsp3) is 0.0952. The van der Waals surface area contributed by atoms with Gasteiger partial charge in [-0.05, 0) is 42.0 Å². The van der Waals surface area contributed by atoms with E-state index in [0.717, 1.165) is 0 Å². The van der Waals surface area contributed by atoms with Crippen molar-refractivity contribution in [2.45, 2.75) is 6.54 Å². The number of fused-ring (bicyclic) bond motifs is 1. The summed E-state index contributed by atoms with van der Waals surface area (Å²) in [5.74, 6) is 0.0314. The van der Waals surface area contributed by atoms with Gasteiger partial charge in [-0.25, -0.2) is 14.2 Å². The number of rotatable bonds is 5. The number of esters is 1. The van der Waals surface area contributed by atoms with Gasteiger partial charge in [-0.3, -0.25) is 9.36 Å². The lowest BCUT2D eigenvalue weighted by Gasteiger charge is -2.08. The first kappa shape index (κ1) is 18.8. The first-order valence-corrected chi connectivity index (χ1v) is 9.50. The Morgan fingerprint density at radius 3 is 2.48 bits per heavy atom. The van der Waals surface area contributed by atoms with Gasteiger partial charge >= 0.3 is 5.97 Å². The number of hydrogen-bond donors (Lipinski definition) is 0. The van der Waals surface area contributed by atoms with Gasteiger partial charge < -0.3 is 9.47 Å². The summed E-state index contributed by atoms with van der Waals surface area (Å²) in [6.07, 6.45) is 1.32. The van der Waals surface area contributed by atoms with Gasteiger partial charge in [-0.15, -0.1) is 11.3 Å². The van der Waals surface area contributed by atoms with Crippen LogP contribution in [0.1, 0.15) is 0 Å². The van der Waals surface area contributed by atoms with Crippen molar-refractivity contribution in [1.82, 2.24) is 9.55 Å². The molecule has 0 radical (unpaired) electrons. The third kappa shape index (κ3) is 3.88. The number of carbonyl (C=O) groups excluding carboxylic acids is 1. The quantitative estimate of drug-likeness (QED) is 0.369. The van der Waals surface area contributed by atoms with Crippen LogP contribution in [-0.4, -0.2) is 22.6 Å². The number of nitrogens with zero attached hydrogens (tertiary/aromatic N) is 2. The van der Waals surface area contributed by atoms with Crippen LogP contribution < -0.4 is 15.0 Å². The number of hydrogen-bond acceptors (Lipinski definition) is 6. The smallest absolute Gasteiger partial charge is 0.331 e. The topological polar surface area (TPSA) is 70.4 Å². The van der Waals surface area contributed by atoms with E-state index in [1.165, 1.54) is 34.4 Å². The third-order valence-corrected chi connectivity index (χ3v) is 5.19.